The van der Waals surface area contributed by atoms with Gasteiger partial charge in [-0.05, 0) is 24.1 Å². The van der Waals surface area contributed by atoms with Gasteiger partial charge in [-0.25, -0.2) is 8.42 Å². The topological polar surface area (TPSA) is 70.6 Å². The van der Waals surface area contributed by atoms with E-state index in [2.05, 4.69) is 4.98 Å². The van der Waals surface area contributed by atoms with Crippen molar-refractivity contribution in [2.45, 2.75) is 6.42 Å². The van der Waals surface area contributed by atoms with Crippen LogP contribution in [0.1, 0.15) is 15.9 Å². The Kier molecular flexibility index (Phi) is 5.45. The van der Waals surface area contributed by atoms with E-state index in [1.165, 1.54) is 10.5 Å². The lowest BCUT2D eigenvalue weighted by atomic mass is 10.2. The highest BCUT2D eigenvalue weighted by atomic mass is 32.2. The standard InChI is InChI=1S/C18H21N3O3S/c22-18(17-7-4-9-19-15-17)20-10-12-21(13-11-20)25(23,24)14-8-16-5-2-1-3-6-16/h1-7,9,15H,8,10-14H2. The summed E-state index contributed by atoms with van der Waals surface area (Å²) in [7, 11) is -3.31. The summed E-state index contributed by atoms with van der Waals surface area (Å²) in [5.41, 5.74) is 1.54. The monoisotopic (exact) mass is 359 g/mol. The lowest BCUT2D eigenvalue weighted by molar-refractivity contribution is 0.0697. The zero-order valence-electron chi connectivity index (χ0n) is 13.9. The van der Waals surface area contributed by atoms with E-state index in [-0.39, 0.29) is 11.7 Å². The van der Waals surface area contributed by atoms with Gasteiger partial charge in [0.1, 0.15) is 0 Å². The first-order valence-electron chi connectivity index (χ1n) is 8.27. The van der Waals surface area contributed by atoms with Crippen molar-refractivity contribution in [1.29, 1.82) is 0 Å². The highest BCUT2D eigenvalue weighted by Crippen LogP contribution is 2.13. The molecular formula is C18H21N3O3S. The number of pyridine rings is 1. The number of amides is 1. The van der Waals surface area contributed by atoms with Gasteiger partial charge in [-0.1, -0.05) is 30.3 Å². The first-order valence-corrected chi connectivity index (χ1v) is 9.88. The van der Waals surface area contributed by atoms with Crippen molar-refractivity contribution >= 4 is 15.9 Å². The van der Waals surface area contributed by atoms with Crippen LogP contribution in [0.5, 0.6) is 0 Å². The summed E-state index contributed by atoms with van der Waals surface area (Å²) < 4.78 is 26.5. The van der Waals surface area contributed by atoms with E-state index in [9.17, 15) is 13.2 Å². The second kappa shape index (κ2) is 7.76. The Morgan fingerprint density at radius 1 is 1.00 bits per heavy atom. The third-order valence-electron chi connectivity index (χ3n) is 4.32. The van der Waals surface area contributed by atoms with Crippen LogP contribution in [0.2, 0.25) is 0 Å². The summed E-state index contributed by atoms with van der Waals surface area (Å²) in [6.45, 7) is 1.48. The highest BCUT2D eigenvalue weighted by molar-refractivity contribution is 7.89. The minimum absolute atomic E-state index is 0.0908. The maximum Gasteiger partial charge on any atom is 0.255 e. The number of benzene rings is 1. The summed E-state index contributed by atoms with van der Waals surface area (Å²) in [6.07, 6.45) is 3.65. The average Bonchev–Trinajstić information content (AvgIpc) is 2.67. The van der Waals surface area contributed by atoms with E-state index >= 15 is 0 Å². The summed E-state index contributed by atoms with van der Waals surface area (Å²) in [4.78, 5) is 18.0. The zero-order chi connectivity index (χ0) is 17.7. The number of sulfonamides is 1. The number of aromatic nitrogens is 1. The number of hydrogen-bond acceptors (Lipinski definition) is 4. The van der Waals surface area contributed by atoms with Crippen LogP contribution < -0.4 is 0 Å². The molecule has 7 heteroatoms. The molecule has 0 saturated carbocycles. The number of carbonyl (C=O) groups is 1. The van der Waals surface area contributed by atoms with Crippen LogP contribution in [-0.2, 0) is 16.4 Å². The molecule has 1 fully saturated rings. The van der Waals surface area contributed by atoms with Crippen molar-refractivity contribution in [3.63, 3.8) is 0 Å². The van der Waals surface area contributed by atoms with E-state index in [0.29, 0.717) is 38.2 Å². The first-order chi connectivity index (χ1) is 12.1. The molecule has 1 aliphatic rings. The fourth-order valence-corrected chi connectivity index (χ4v) is 4.33. The molecule has 132 valence electrons. The van der Waals surface area contributed by atoms with E-state index < -0.39 is 10.0 Å². The van der Waals surface area contributed by atoms with E-state index in [0.717, 1.165) is 5.56 Å². The Bertz CT molecular complexity index is 802. The van der Waals surface area contributed by atoms with Crippen LogP contribution in [0.15, 0.2) is 54.9 Å². The van der Waals surface area contributed by atoms with Gasteiger partial charge >= 0.3 is 0 Å². The van der Waals surface area contributed by atoms with E-state index in [1.807, 2.05) is 30.3 Å². The van der Waals surface area contributed by atoms with Gasteiger partial charge in [-0.3, -0.25) is 9.78 Å². The number of piperazine rings is 1. The Balaban J connectivity index is 1.55. The minimum Gasteiger partial charge on any atom is -0.336 e. The molecule has 0 spiro atoms. The summed E-state index contributed by atoms with van der Waals surface area (Å²) in [5.74, 6) is -0.0115. The maximum atomic E-state index is 12.5. The van der Waals surface area contributed by atoms with Gasteiger partial charge in [0.25, 0.3) is 5.91 Å². The second-order valence-corrected chi connectivity index (χ2v) is 8.07. The first kappa shape index (κ1) is 17.6. The number of aryl methyl sites for hydroxylation is 1. The molecule has 25 heavy (non-hydrogen) atoms. The van der Waals surface area contributed by atoms with Gasteiger partial charge in [0.15, 0.2) is 0 Å². The average molecular weight is 359 g/mol. The molecule has 0 unspecified atom stereocenters. The molecule has 0 N–H and O–H groups in total. The molecular weight excluding hydrogens is 338 g/mol. The van der Waals surface area contributed by atoms with Crippen LogP contribution in [-0.4, -0.2) is 60.4 Å². The molecule has 0 aliphatic carbocycles. The SMILES string of the molecule is O=C(c1cccnc1)N1CCN(S(=O)(=O)CCc2ccccc2)CC1. The van der Waals surface area contributed by atoms with Gasteiger partial charge in [0.05, 0.1) is 11.3 Å². The molecule has 0 radical (unpaired) electrons. The summed E-state index contributed by atoms with van der Waals surface area (Å²) >= 11 is 0. The van der Waals surface area contributed by atoms with Crippen molar-refractivity contribution in [1.82, 2.24) is 14.2 Å². The Hall–Kier alpha value is -2.25. The molecule has 3 rings (SSSR count). The van der Waals surface area contributed by atoms with Gasteiger partial charge < -0.3 is 4.90 Å². The third-order valence-corrected chi connectivity index (χ3v) is 6.19. The number of rotatable bonds is 5. The smallest absolute Gasteiger partial charge is 0.255 e. The second-order valence-electron chi connectivity index (χ2n) is 5.98. The molecule has 1 saturated heterocycles. The number of hydrogen-bond donors (Lipinski definition) is 0. The molecule has 6 nitrogen and oxygen atoms in total. The van der Waals surface area contributed by atoms with Crippen molar-refractivity contribution < 1.29 is 13.2 Å². The van der Waals surface area contributed by atoms with Crippen LogP contribution in [0.3, 0.4) is 0 Å². The zero-order valence-corrected chi connectivity index (χ0v) is 14.7. The maximum absolute atomic E-state index is 12.5. The lowest BCUT2D eigenvalue weighted by Gasteiger charge is -2.34. The van der Waals surface area contributed by atoms with Crippen molar-refractivity contribution in [3.8, 4) is 0 Å². The number of carbonyl (C=O) groups excluding carboxylic acids is 1. The lowest BCUT2D eigenvalue weighted by Crippen LogP contribution is -2.51. The molecule has 2 heterocycles. The molecule has 1 aliphatic heterocycles. The predicted molar refractivity (Wildman–Crippen MR) is 95.6 cm³/mol. The Morgan fingerprint density at radius 3 is 2.36 bits per heavy atom. The predicted octanol–water partition coefficient (Wildman–Crippen LogP) is 1.41. The van der Waals surface area contributed by atoms with Crippen LogP contribution in [0.25, 0.3) is 0 Å². The molecule has 1 aromatic heterocycles. The molecule has 1 amide bonds. The molecule has 1 aromatic carbocycles. The summed E-state index contributed by atoms with van der Waals surface area (Å²) in [5, 5.41) is 0. The van der Waals surface area contributed by atoms with Crippen molar-refractivity contribution in [2.75, 3.05) is 31.9 Å². The van der Waals surface area contributed by atoms with Gasteiger partial charge in [-0.2, -0.15) is 4.31 Å². The fourth-order valence-electron chi connectivity index (χ4n) is 2.86. The molecule has 0 atom stereocenters. The van der Waals surface area contributed by atoms with Crippen LogP contribution in [0.4, 0.5) is 0 Å². The van der Waals surface area contributed by atoms with Gasteiger partial charge in [-0.15, -0.1) is 0 Å². The van der Waals surface area contributed by atoms with Crippen molar-refractivity contribution in [3.05, 3.63) is 66.0 Å². The molecule has 0 bridgehead atoms. The molecule has 2 aromatic rings. The third kappa shape index (κ3) is 4.43. The Labute approximate surface area is 148 Å². The Morgan fingerprint density at radius 2 is 1.72 bits per heavy atom. The highest BCUT2D eigenvalue weighted by Gasteiger charge is 2.29. The van der Waals surface area contributed by atoms with Crippen LogP contribution in [0, 0.1) is 0 Å². The summed E-state index contributed by atoms with van der Waals surface area (Å²) in [6, 6.07) is 13.0. The minimum atomic E-state index is -3.31. The largest absolute Gasteiger partial charge is 0.336 e. The van der Waals surface area contributed by atoms with E-state index in [4.69, 9.17) is 0 Å². The normalized spacial score (nSPS) is 15.9. The fraction of sp³-hybridized carbons (Fsp3) is 0.333. The van der Waals surface area contributed by atoms with Gasteiger partial charge in [0, 0.05) is 38.6 Å². The van der Waals surface area contributed by atoms with Crippen LogP contribution >= 0.6 is 0 Å². The quantitative estimate of drug-likeness (QED) is 0.809. The van der Waals surface area contributed by atoms with E-state index in [1.54, 1.807) is 23.2 Å². The van der Waals surface area contributed by atoms with Crippen molar-refractivity contribution in [2.24, 2.45) is 0 Å². The number of nitrogens with zero attached hydrogens (tertiary/aromatic N) is 3. The van der Waals surface area contributed by atoms with Gasteiger partial charge in [0.2, 0.25) is 10.0 Å².